The molecule has 1 heterocycles. The van der Waals surface area contributed by atoms with Gasteiger partial charge in [-0.2, -0.15) is 0 Å². The van der Waals surface area contributed by atoms with Crippen LogP contribution in [0.15, 0.2) is 24.3 Å². The van der Waals surface area contributed by atoms with Crippen LogP contribution in [-0.2, 0) is 6.61 Å². The van der Waals surface area contributed by atoms with Crippen LogP contribution in [-0.4, -0.2) is 29.2 Å². The lowest BCUT2D eigenvalue weighted by molar-refractivity contribution is 0.272. The quantitative estimate of drug-likeness (QED) is 0.848. The second-order valence-electron chi connectivity index (χ2n) is 4.26. The van der Waals surface area contributed by atoms with E-state index < -0.39 is 0 Å². The van der Waals surface area contributed by atoms with Gasteiger partial charge in [-0.3, -0.25) is 0 Å². The molecule has 4 heteroatoms. The summed E-state index contributed by atoms with van der Waals surface area (Å²) in [5.74, 6) is 0.606. The summed E-state index contributed by atoms with van der Waals surface area (Å²) >= 11 is 0. The maximum absolute atomic E-state index is 9.04. The fourth-order valence-electron chi connectivity index (χ4n) is 1.80. The van der Waals surface area contributed by atoms with E-state index in [9.17, 15) is 0 Å². The number of hydrogen-bond donors (Lipinski definition) is 2. The number of benzene rings is 1. The second kappa shape index (κ2) is 4.59. The molecule has 2 N–H and O–H groups in total. The first-order chi connectivity index (χ1) is 8.11. The van der Waals surface area contributed by atoms with E-state index in [1.54, 1.807) is 0 Å². The van der Waals surface area contributed by atoms with Crippen molar-refractivity contribution < 1.29 is 5.11 Å². The average molecular weight is 231 g/mol. The van der Waals surface area contributed by atoms with Gasteiger partial charge in [-0.1, -0.05) is 12.1 Å². The molecule has 0 saturated heterocycles. The van der Waals surface area contributed by atoms with E-state index >= 15 is 0 Å². The summed E-state index contributed by atoms with van der Waals surface area (Å²) in [7, 11) is 4.03. The van der Waals surface area contributed by atoms with Gasteiger partial charge in [-0.25, -0.2) is 4.98 Å². The first kappa shape index (κ1) is 11.7. The Labute approximate surface area is 101 Å². The molecule has 1 aromatic heterocycles. The summed E-state index contributed by atoms with van der Waals surface area (Å²) in [5.41, 5.74) is 4.10. The normalized spacial score (nSPS) is 10.6. The van der Waals surface area contributed by atoms with Crippen molar-refractivity contribution in [3.8, 4) is 11.3 Å². The van der Waals surface area contributed by atoms with Crippen LogP contribution in [0.4, 0.5) is 5.69 Å². The zero-order valence-electron chi connectivity index (χ0n) is 10.4. The molecule has 0 spiro atoms. The molecule has 17 heavy (non-hydrogen) atoms. The molecule has 2 rings (SSSR count). The SMILES string of the molecule is Cc1[nH]c(CO)nc1-c1ccc(N(C)C)cc1. The van der Waals surface area contributed by atoms with Gasteiger partial charge in [-0.05, 0) is 19.1 Å². The minimum absolute atomic E-state index is 0.0589. The highest BCUT2D eigenvalue weighted by molar-refractivity contribution is 5.65. The van der Waals surface area contributed by atoms with Crippen molar-refractivity contribution >= 4 is 5.69 Å². The molecule has 0 fully saturated rings. The minimum atomic E-state index is -0.0589. The summed E-state index contributed by atoms with van der Waals surface area (Å²) in [5, 5.41) is 9.04. The smallest absolute Gasteiger partial charge is 0.132 e. The fraction of sp³-hybridized carbons (Fsp3) is 0.308. The molecule has 2 aromatic rings. The topological polar surface area (TPSA) is 52.1 Å². The number of aliphatic hydroxyl groups excluding tert-OH is 1. The Morgan fingerprint density at radius 2 is 1.88 bits per heavy atom. The number of aryl methyl sites for hydroxylation is 1. The van der Waals surface area contributed by atoms with Crippen LogP contribution < -0.4 is 4.90 Å². The molecule has 0 aliphatic rings. The molecule has 0 unspecified atom stereocenters. The number of hydrogen-bond acceptors (Lipinski definition) is 3. The van der Waals surface area contributed by atoms with Crippen molar-refractivity contribution in [3.63, 3.8) is 0 Å². The number of H-pyrrole nitrogens is 1. The summed E-state index contributed by atoms with van der Waals surface area (Å²) in [6.07, 6.45) is 0. The molecule has 0 atom stereocenters. The third-order valence-corrected chi connectivity index (χ3v) is 2.74. The first-order valence-corrected chi connectivity index (χ1v) is 5.56. The molecule has 0 aliphatic carbocycles. The number of nitrogens with zero attached hydrogens (tertiary/aromatic N) is 2. The molecule has 0 aliphatic heterocycles. The van der Waals surface area contributed by atoms with Crippen molar-refractivity contribution in [1.29, 1.82) is 0 Å². The minimum Gasteiger partial charge on any atom is -0.388 e. The lowest BCUT2D eigenvalue weighted by Crippen LogP contribution is -2.07. The molecule has 90 valence electrons. The second-order valence-corrected chi connectivity index (χ2v) is 4.26. The van der Waals surface area contributed by atoms with Crippen LogP contribution in [0.25, 0.3) is 11.3 Å². The number of rotatable bonds is 3. The van der Waals surface area contributed by atoms with Crippen molar-refractivity contribution in [1.82, 2.24) is 9.97 Å². The zero-order valence-corrected chi connectivity index (χ0v) is 10.4. The molecular weight excluding hydrogens is 214 g/mol. The summed E-state index contributed by atoms with van der Waals surface area (Å²) in [4.78, 5) is 9.47. The van der Waals surface area contributed by atoms with E-state index in [-0.39, 0.29) is 6.61 Å². The maximum atomic E-state index is 9.04. The number of aliphatic hydroxyl groups is 1. The Hall–Kier alpha value is -1.81. The Morgan fingerprint density at radius 3 is 2.35 bits per heavy atom. The number of anilines is 1. The van der Waals surface area contributed by atoms with Gasteiger partial charge in [0.15, 0.2) is 0 Å². The lowest BCUT2D eigenvalue weighted by Gasteiger charge is -2.12. The maximum Gasteiger partial charge on any atom is 0.132 e. The highest BCUT2D eigenvalue weighted by atomic mass is 16.3. The number of imidazole rings is 1. The van der Waals surface area contributed by atoms with Crippen LogP contribution in [0.3, 0.4) is 0 Å². The third kappa shape index (κ3) is 2.31. The molecule has 0 bridgehead atoms. The Balaban J connectivity index is 2.36. The predicted molar refractivity (Wildman–Crippen MR) is 69.0 cm³/mol. The molecule has 0 amide bonds. The van der Waals surface area contributed by atoms with E-state index in [0.29, 0.717) is 5.82 Å². The van der Waals surface area contributed by atoms with Gasteiger partial charge in [0.1, 0.15) is 12.4 Å². The van der Waals surface area contributed by atoms with Gasteiger partial charge in [-0.15, -0.1) is 0 Å². The van der Waals surface area contributed by atoms with Crippen LogP contribution in [0.5, 0.6) is 0 Å². The van der Waals surface area contributed by atoms with Gasteiger partial charge in [0.25, 0.3) is 0 Å². The molecule has 0 saturated carbocycles. The number of nitrogens with one attached hydrogen (secondary N) is 1. The molecule has 4 nitrogen and oxygen atoms in total. The molecule has 1 aromatic carbocycles. The van der Waals surface area contributed by atoms with E-state index in [0.717, 1.165) is 22.6 Å². The van der Waals surface area contributed by atoms with Crippen molar-refractivity contribution in [2.75, 3.05) is 19.0 Å². The summed E-state index contributed by atoms with van der Waals surface area (Å²) < 4.78 is 0. The molecular formula is C13H17N3O. The fourth-order valence-corrected chi connectivity index (χ4v) is 1.80. The summed E-state index contributed by atoms with van der Waals surface area (Å²) in [6, 6.07) is 8.20. The van der Waals surface area contributed by atoms with Crippen molar-refractivity contribution in [3.05, 3.63) is 35.8 Å². The van der Waals surface area contributed by atoms with E-state index in [1.165, 1.54) is 0 Å². The van der Waals surface area contributed by atoms with Crippen LogP contribution in [0.2, 0.25) is 0 Å². The Kier molecular flexibility index (Phi) is 3.15. The van der Waals surface area contributed by atoms with Crippen molar-refractivity contribution in [2.24, 2.45) is 0 Å². The lowest BCUT2D eigenvalue weighted by atomic mass is 10.1. The van der Waals surface area contributed by atoms with Gasteiger partial charge in [0.2, 0.25) is 0 Å². The highest BCUT2D eigenvalue weighted by Crippen LogP contribution is 2.23. The zero-order chi connectivity index (χ0) is 12.4. The van der Waals surface area contributed by atoms with Gasteiger partial charge < -0.3 is 15.0 Å². The van der Waals surface area contributed by atoms with Crippen LogP contribution in [0.1, 0.15) is 11.5 Å². The van der Waals surface area contributed by atoms with E-state index in [2.05, 4.69) is 27.0 Å². The average Bonchev–Trinajstić information content (AvgIpc) is 2.71. The van der Waals surface area contributed by atoms with Gasteiger partial charge >= 0.3 is 0 Å². The largest absolute Gasteiger partial charge is 0.388 e. The monoisotopic (exact) mass is 231 g/mol. The Bertz CT molecular complexity index is 500. The first-order valence-electron chi connectivity index (χ1n) is 5.56. The number of aromatic amines is 1. The standard InChI is InChI=1S/C13H17N3O/c1-9-13(15-12(8-17)14-9)10-4-6-11(7-5-10)16(2)3/h4-7,17H,8H2,1-3H3,(H,14,15). The predicted octanol–water partition coefficient (Wildman–Crippen LogP) is 1.94. The van der Waals surface area contributed by atoms with Crippen molar-refractivity contribution in [2.45, 2.75) is 13.5 Å². The summed E-state index contributed by atoms with van der Waals surface area (Å²) in [6.45, 7) is 1.90. The van der Waals surface area contributed by atoms with Gasteiger partial charge in [0, 0.05) is 31.0 Å². The van der Waals surface area contributed by atoms with E-state index in [1.807, 2.05) is 33.2 Å². The van der Waals surface area contributed by atoms with Crippen LogP contribution in [0, 0.1) is 6.92 Å². The molecule has 0 radical (unpaired) electrons. The highest BCUT2D eigenvalue weighted by Gasteiger charge is 2.08. The van der Waals surface area contributed by atoms with Crippen LogP contribution >= 0.6 is 0 Å². The third-order valence-electron chi connectivity index (χ3n) is 2.74. The van der Waals surface area contributed by atoms with Gasteiger partial charge in [0.05, 0.1) is 5.69 Å². The van der Waals surface area contributed by atoms with E-state index in [4.69, 9.17) is 5.11 Å². The Morgan fingerprint density at radius 1 is 1.24 bits per heavy atom. The number of aromatic nitrogens is 2.